The topological polar surface area (TPSA) is 67.4 Å². The van der Waals surface area contributed by atoms with Gasteiger partial charge in [0.15, 0.2) is 11.6 Å². The number of halogens is 5. The third-order valence-electron chi connectivity index (χ3n) is 4.29. The van der Waals surface area contributed by atoms with E-state index in [1.807, 2.05) is 0 Å². The van der Waals surface area contributed by atoms with Crippen LogP contribution in [0.3, 0.4) is 0 Å². The normalized spacial score (nSPS) is 16.5. The van der Waals surface area contributed by atoms with Crippen LogP contribution in [-0.2, 0) is 15.5 Å². The van der Waals surface area contributed by atoms with Gasteiger partial charge in [-0.1, -0.05) is 0 Å². The molecule has 1 heterocycles. The standard InChI is InChI=1S/C19H15F5N2O3/c20-14-3-1-10(17(27)25-11-2-4-15(21)16(22)8-11)7-13(14)19(23,24)18(28)26-12-5-6-29-9-12/h1-4,7-8,12H,5-6,9H2,(H,25,27)(H,26,28). The minimum absolute atomic E-state index is 0.0704. The summed E-state index contributed by atoms with van der Waals surface area (Å²) in [6, 6.07) is 4.00. The second-order valence-electron chi connectivity index (χ2n) is 6.39. The van der Waals surface area contributed by atoms with Crippen molar-refractivity contribution in [2.75, 3.05) is 18.5 Å². The molecule has 0 aromatic heterocycles. The summed E-state index contributed by atoms with van der Waals surface area (Å²) in [4.78, 5) is 24.2. The van der Waals surface area contributed by atoms with Gasteiger partial charge >= 0.3 is 5.92 Å². The predicted molar refractivity (Wildman–Crippen MR) is 92.0 cm³/mol. The van der Waals surface area contributed by atoms with Crippen molar-refractivity contribution in [2.24, 2.45) is 0 Å². The number of nitrogens with one attached hydrogen (secondary N) is 2. The Kier molecular flexibility index (Phi) is 5.83. The first-order chi connectivity index (χ1) is 13.7. The number of ether oxygens (including phenoxy) is 1. The molecule has 3 rings (SSSR count). The number of alkyl halides is 2. The number of anilines is 1. The first-order valence-corrected chi connectivity index (χ1v) is 8.51. The van der Waals surface area contributed by atoms with E-state index in [1.165, 1.54) is 0 Å². The van der Waals surface area contributed by atoms with E-state index in [2.05, 4.69) is 10.6 Å². The summed E-state index contributed by atoms with van der Waals surface area (Å²) in [7, 11) is 0. The van der Waals surface area contributed by atoms with Crippen LogP contribution in [0.5, 0.6) is 0 Å². The fourth-order valence-corrected chi connectivity index (χ4v) is 2.73. The molecule has 2 N–H and O–H groups in total. The summed E-state index contributed by atoms with van der Waals surface area (Å²) < 4.78 is 74.2. The quantitative estimate of drug-likeness (QED) is 0.738. The Morgan fingerprint density at radius 2 is 1.72 bits per heavy atom. The summed E-state index contributed by atoms with van der Waals surface area (Å²) in [5, 5.41) is 4.27. The Balaban J connectivity index is 1.81. The molecule has 0 spiro atoms. The lowest BCUT2D eigenvalue weighted by Gasteiger charge is -2.20. The highest BCUT2D eigenvalue weighted by molar-refractivity contribution is 6.04. The van der Waals surface area contributed by atoms with E-state index >= 15 is 0 Å². The number of benzene rings is 2. The van der Waals surface area contributed by atoms with Crippen LogP contribution in [0.15, 0.2) is 36.4 Å². The minimum atomic E-state index is -4.25. The third kappa shape index (κ3) is 4.53. The molecule has 2 amide bonds. The van der Waals surface area contributed by atoms with Gasteiger partial charge in [-0.05, 0) is 36.8 Å². The van der Waals surface area contributed by atoms with Gasteiger partial charge in [0.05, 0.1) is 18.2 Å². The maximum atomic E-state index is 14.5. The first kappa shape index (κ1) is 20.7. The summed E-state index contributed by atoms with van der Waals surface area (Å²) in [6.07, 6.45) is 0.348. The Bertz CT molecular complexity index is 945. The Morgan fingerprint density at radius 1 is 1.00 bits per heavy atom. The minimum Gasteiger partial charge on any atom is -0.379 e. The summed E-state index contributed by atoms with van der Waals surface area (Å²) in [5.74, 6) is -10.7. The number of hydrogen-bond acceptors (Lipinski definition) is 3. The lowest BCUT2D eigenvalue weighted by molar-refractivity contribution is -0.148. The zero-order valence-corrected chi connectivity index (χ0v) is 14.8. The molecule has 0 bridgehead atoms. The fourth-order valence-electron chi connectivity index (χ4n) is 2.73. The van der Waals surface area contributed by atoms with Crippen molar-refractivity contribution >= 4 is 17.5 Å². The van der Waals surface area contributed by atoms with Crippen molar-refractivity contribution in [3.05, 3.63) is 65.0 Å². The average Bonchev–Trinajstić information content (AvgIpc) is 3.18. The van der Waals surface area contributed by atoms with E-state index in [-0.39, 0.29) is 12.3 Å². The fraction of sp³-hybridized carbons (Fsp3) is 0.263. The number of carbonyl (C=O) groups excluding carboxylic acids is 2. The van der Waals surface area contributed by atoms with E-state index in [1.54, 1.807) is 0 Å². The molecule has 1 aliphatic rings. The molecule has 154 valence electrons. The van der Waals surface area contributed by atoms with E-state index in [0.29, 0.717) is 31.2 Å². The van der Waals surface area contributed by atoms with Crippen molar-refractivity contribution in [3.63, 3.8) is 0 Å². The summed E-state index contributed by atoms with van der Waals surface area (Å²) >= 11 is 0. The Hall–Kier alpha value is -3.01. The lowest BCUT2D eigenvalue weighted by atomic mass is 10.0. The second-order valence-corrected chi connectivity index (χ2v) is 6.39. The highest BCUT2D eigenvalue weighted by Gasteiger charge is 2.44. The highest BCUT2D eigenvalue weighted by atomic mass is 19.3. The van der Waals surface area contributed by atoms with Crippen LogP contribution in [-0.4, -0.2) is 31.1 Å². The van der Waals surface area contributed by atoms with Crippen LogP contribution in [0.1, 0.15) is 22.3 Å². The molecule has 1 unspecified atom stereocenters. The molecule has 1 aliphatic heterocycles. The van der Waals surface area contributed by atoms with Gasteiger partial charge in [-0.25, -0.2) is 13.2 Å². The molecule has 2 aromatic carbocycles. The number of amides is 2. The van der Waals surface area contributed by atoms with Gasteiger partial charge < -0.3 is 15.4 Å². The molecular weight excluding hydrogens is 399 g/mol. The van der Waals surface area contributed by atoms with Crippen LogP contribution >= 0.6 is 0 Å². The van der Waals surface area contributed by atoms with E-state index < -0.39 is 52.4 Å². The van der Waals surface area contributed by atoms with Crippen LogP contribution in [0.25, 0.3) is 0 Å². The van der Waals surface area contributed by atoms with Crippen molar-refractivity contribution < 1.29 is 36.3 Å². The van der Waals surface area contributed by atoms with Crippen molar-refractivity contribution in [3.8, 4) is 0 Å². The number of carbonyl (C=O) groups is 2. The van der Waals surface area contributed by atoms with Gasteiger partial charge in [0.1, 0.15) is 5.82 Å². The monoisotopic (exact) mass is 414 g/mol. The van der Waals surface area contributed by atoms with Gasteiger partial charge in [0, 0.05) is 23.9 Å². The van der Waals surface area contributed by atoms with Crippen LogP contribution in [0, 0.1) is 17.5 Å². The van der Waals surface area contributed by atoms with Gasteiger partial charge in [0.2, 0.25) is 0 Å². The molecular formula is C19H15F5N2O3. The van der Waals surface area contributed by atoms with Crippen LogP contribution in [0.4, 0.5) is 27.6 Å². The number of hydrogen-bond donors (Lipinski definition) is 2. The number of rotatable bonds is 5. The molecule has 29 heavy (non-hydrogen) atoms. The predicted octanol–water partition coefficient (Wildman–Crippen LogP) is 3.35. The van der Waals surface area contributed by atoms with Gasteiger partial charge in [0.25, 0.3) is 11.8 Å². The Morgan fingerprint density at radius 3 is 2.38 bits per heavy atom. The zero-order valence-electron chi connectivity index (χ0n) is 14.8. The summed E-state index contributed by atoms with van der Waals surface area (Å²) in [6.45, 7) is 0.380. The van der Waals surface area contributed by atoms with Crippen molar-refractivity contribution in [2.45, 2.75) is 18.4 Å². The molecule has 1 saturated heterocycles. The first-order valence-electron chi connectivity index (χ1n) is 8.51. The third-order valence-corrected chi connectivity index (χ3v) is 4.29. The molecule has 1 fully saturated rings. The van der Waals surface area contributed by atoms with Crippen molar-refractivity contribution in [1.82, 2.24) is 5.32 Å². The van der Waals surface area contributed by atoms with Gasteiger partial charge in [-0.15, -0.1) is 0 Å². The largest absolute Gasteiger partial charge is 0.379 e. The van der Waals surface area contributed by atoms with Crippen molar-refractivity contribution in [1.29, 1.82) is 0 Å². The molecule has 0 radical (unpaired) electrons. The van der Waals surface area contributed by atoms with Crippen LogP contribution < -0.4 is 10.6 Å². The zero-order chi connectivity index (χ0) is 21.2. The molecule has 1 atom stereocenters. The van der Waals surface area contributed by atoms with E-state index in [9.17, 15) is 31.5 Å². The van der Waals surface area contributed by atoms with Gasteiger partial charge in [-0.2, -0.15) is 8.78 Å². The highest BCUT2D eigenvalue weighted by Crippen LogP contribution is 2.32. The Labute approximate surface area is 161 Å². The molecule has 0 saturated carbocycles. The SMILES string of the molecule is O=C(Nc1ccc(F)c(F)c1)c1ccc(F)c(C(F)(F)C(=O)NC2CCOC2)c1. The van der Waals surface area contributed by atoms with E-state index in [0.717, 1.165) is 18.2 Å². The average molecular weight is 414 g/mol. The molecule has 5 nitrogen and oxygen atoms in total. The molecule has 2 aromatic rings. The summed E-state index contributed by atoms with van der Waals surface area (Å²) in [5.41, 5.74) is -1.82. The van der Waals surface area contributed by atoms with E-state index in [4.69, 9.17) is 4.74 Å². The maximum Gasteiger partial charge on any atom is 0.352 e. The molecule has 0 aliphatic carbocycles. The smallest absolute Gasteiger partial charge is 0.352 e. The van der Waals surface area contributed by atoms with Gasteiger partial charge in [-0.3, -0.25) is 9.59 Å². The van der Waals surface area contributed by atoms with Crippen LogP contribution in [0.2, 0.25) is 0 Å². The maximum absolute atomic E-state index is 14.5. The molecule has 10 heteroatoms. The lowest BCUT2D eigenvalue weighted by Crippen LogP contribution is -2.44. The second kappa shape index (κ2) is 8.16.